The number of likely N-dealkylation sites (N-methyl/N-ethyl adjacent to an activating group) is 1. The summed E-state index contributed by atoms with van der Waals surface area (Å²) in [6, 6.07) is 4.61. The van der Waals surface area contributed by atoms with E-state index in [2.05, 4.69) is 0 Å². The van der Waals surface area contributed by atoms with Crippen LogP contribution in [0.25, 0.3) is 0 Å². The fourth-order valence-corrected chi connectivity index (χ4v) is 2.16. The van der Waals surface area contributed by atoms with Crippen LogP contribution in [0, 0.1) is 5.82 Å². The summed E-state index contributed by atoms with van der Waals surface area (Å²) in [5, 5.41) is 8.91. The predicted octanol–water partition coefficient (Wildman–Crippen LogP) is 1.60. The molecule has 1 saturated heterocycles. The van der Waals surface area contributed by atoms with Crippen LogP contribution in [0.4, 0.5) is 20.6 Å². The lowest BCUT2D eigenvalue weighted by Gasteiger charge is -2.23. The van der Waals surface area contributed by atoms with Gasteiger partial charge in [0.1, 0.15) is 5.82 Å². The molecule has 1 atom stereocenters. The van der Waals surface area contributed by atoms with Crippen molar-refractivity contribution in [2.75, 3.05) is 30.8 Å². The number of benzene rings is 1. The zero-order valence-electron chi connectivity index (χ0n) is 10.1. The number of nitrogen functional groups attached to an aromatic ring is 1. The molecule has 0 bridgehead atoms. The smallest absolute Gasteiger partial charge is 0.407 e. The van der Waals surface area contributed by atoms with Gasteiger partial charge < -0.3 is 20.6 Å². The van der Waals surface area contributed by atoms with Gasteiger partial charge in [0.15, 0.2) is 0 Å². The molecule has 6 heteroatoms. The fraction of sp³-hybridized carbons (Fsp3) is 0.417. The highest BCUT2D eigenvalue weighted by atomic mass is 19.1. The Morgan fingerprint density at radius 3 is 2.94 bits per heavy atom. The fourth-order valence-electron chi connectivity index (χ4n) is 2.16. The van der Waals surface area contributed by atoms with Crippen molar-refractivity contribution in [1.29, 1.82) is 0 Å². The number of nitrogens with zero attached hydrogens (tertiary/aromatic N) is 2. The number of nitrogens with two attached hydrogens (primary N) is 1. The molecule has 1 aliphatic rings. The second-order valence-electron chi connectivity index (χ2n) is 4.49. The molecule has 1 heterocycles. The predicted molar refractivity (Wildman–Crippen MR) is 67.2 cm³/mol. The first kappa shape index (κ1) is 12.5. The van der Waals surface area contributed by atoms with E-state index in [0.717, 1.165) is 12.1 Å². The molecule has 5 nitrogen and oxygen atoms in total. The number of carboxylic acid groups (broad SMARTS) is 1. The Hall–Kier alpha value is -1.98. The highest BCUT2D eigenvalue weighted by molar-refractivity contribution is 5.65. The topological polar surface area (TPSA) is 69.8 Å². The summed E-state index contributed by atoms with van der Waals surface area (Å²) in [4.78, 5) is 14.1. The summed E-state index contributed by atoms with van der Waals surface area (Å²) in [5.74, 6) is -0.442. The van der Waals surface area contributed by atoms with Crippen LogP contribution >= 0.6 is 0 Å². The van der Waals surface area contributed by atoms with Gasteiger partial charge in [-0.3, -0.25) is 0 Å². The molecule has 18 heavy (non-hydrogen) atoms. The van der Waals surface area contributed by atoms with Crippen LogP contribution in [0.15, 0.2) is 18.2 Å². The summed E-state index contributed by atoms with van der Waals surface area (Å²) in [6.07, 6.45) is -0.195. The van der Waals surface area contributed by atoms with E-state index in [1.165, 1.54) is 17.0 Å². The van der Waals surface area contributed by atoms with Crippen LogP contribution in [-0.4, -0.2) is 42.3 Å². The van der Waals surface area contributed by atoms with Gasteiger partial charge in [-0.15, -0.1) is 0 Å². The summed E-state index contributed by atoms with van der Waals surface area (Å²) in [5.41, 5.74) is 6.28. The van der Waals surface area contributed by atoms with Crippen LogP contribution < -0.4 is 10.6 Å². The maximum Gasteiger partial charge on any atom is 0.407 e. The molecule has 1 aliphatic heterocycles. The number of hydrogen-bond acceptors (Lipinski definition) is 3. The maximum absolute atomic E-state index is 13.4. The van der Waals surface area contributed by atoms with Crippen LogP contribution in [-0.2, 0) is 0 Å². The van der Waals surface area contributed by atoms with E-state index in [9.17, 15) is 9.18 Å². The normalized spacial score (nSPS) is 19.0. The first-order valence-corrected chi connectivity index (χ1v) is 5.75. The highest BCUT2D eigenvalue weighted by Gasteiger charge is 2.28. The molecule has 98 valence electrons. The number of amides is 1. The molecule has 1 fully saturated rings. The number of anilines is 2. The van der Waals surface area contributed by atoms with Gasteiger partial charge in [0.05, 0.1) is 11.7 Å². The third-order valence-electron chi connectivity index (χ3n) is 3.36. The molecule has 1 aromatic carbocycles. The Morgan fingerprint density at radius 1 is 1.61 bits per heavy atom. The highest BCUT2D eigenvalue weighted by Crippen LogP contribution is 2.25. The van der Waals surface area contributed by atoms with E-state index in [1.807, 2.05) is 4.90 Å². The van der Waals surface area contributed by atoms with Crippen molar-refractivity contribution in [1.82, 2.24) is 4.90 Å². The summed E-state index contributed by atoms with van der Waals surface area (Å²) in [7, 11) is 1.56. The lowest BCUT2D eigenvalue weighted by Crippen LogP contribution is -2.38. The lowest BCUT2D eigenvalue weighted by molar-refractivity contribution is 0.142. The Morgan fingerprint density at radius 2 is 2.33 bits per heavy atom. The van der Waals surface area contributed by atoms with Crippen molar-refractivity contribution in [3.63, 3.8) is 0 Å². The molecule has 1 amide bonds. The largest absolute Gasteiger partial charge is 0.465 e. The Labute approximate surface area is 105 Å². The molecule has 0 saturated carbocycles. The monoisotopic (exact) mass is 253 g/mol. The molecule has 1 aromatic rings. The van der Waals surface area contributed by atoms with E-state index in [1.54, 1.807) is 13.1 Å². The van der Waals surface area contributed by atoms with Crippen molar-refractivity contribution in [2.45, 2.75) is 12.5 Å². The summed E-state index contributed by atoms with van der Waals surface area (Å²) < 4.78 is 13.4. The molecule has 2 rings (SSSR count). The number of hydrogen-bond donors (Lipinski definition) is 2. The van der Waals surface area contributed by atoms with Crippen LogP contribution in [0.5, 0.6) is 0 Å². The maximum atomic E-state index is 13.4. The second kappa shape index (κ2) is 4.72. The molecule has 0 aromatic heterocycles. The SMILES string of the molecule is CN(C(=O)O)[C@@H]1CCN(c2ccc(N)c(F)c2)C1. The zero-order chi connectivity index (χ0) is 13.3. The zero-order valence-corrected chi connectivity index (χ0v) is 10.1. The Balaban J connectivity index is 2.08. The second-order valence-corrected chi connectivity index (χ2v) is 4.49. The van der Waals surface area contributed by atoms with Crippen LogP contribution in [0.2, 0.25) is 0 Å². The molecule has 0 aliphatic carbocycles. The molecule has 0 radical (unpaired) electrons. The van der Waals surface area contributed by atoms with Crippen molar-refractivity contribution in [2.24, 2.45) is 0 Å². The Bertz CT molecular complexity index is 467. The average Bonchev–Trinajstić information content (AvgIpc) is 2.81. The van der Waals surface area contributed by atoms with E-state index in [4.69, 9.17) is 10.8 Å². The Kier molecular flexibility index (Phi) is 3.27. The van der Waals surface area contributed by atoms with Gasteiger partial charge in [-0.1, -0.05) is 0 Å². The minimum Gasteiger partial charge on any atom is -0.465 e. The van der Waals surface area contributed by atoms with Gasteiger partial charge in [0, 0.05) is 25.8 Å². The van der Waals surface area contributed by atoms with Crippen molar-refractivity contribution in [3.8, 4) is 0 Å². The van der Waals surface area contributed by atoms with Gasteiger partial charge in [-0.05, 0) is 24.6 Å². The number of rotatable bonds is 2. The molecular weight excluding hydrogens is 237 g/mol. The first-order valence-electron chi connectivity index (χ1n) is 5.75. The van der Waals surface area contributed by atoms with E-state index in [-0.39, 0.29) is 11.7 Å². The minimum atomic E-state index is -0.940. The molecule has 0 spiro atoms. The van der Waals surface area contributed by atoms with Crippen LogP contribution in [0.1, 0.15) is 6.42 Å². The lowest BCUT2D eigenvalue weighted by atomic mass is 10.2. The van der Waals surface area contributed by atoms with Crippen LogP contribution in [0.3, 0.4) is 0 Å². The molecular formula is C12H16FN3O2. The van der Waals surface area contributed by atoms with Gasteiger partial charge in [0.2, 0.25) is 0 Å². The van der Waals surface area contributed by atoms with Crippen molar-refractivity contribution >= 4 is 17.5 Å². The van der Waals surface area contributed by atoms with E-state index >= 15 is 0 Å². The van der Waals surface area contributed by atoms with Gasteiger partial charge in [-0.2, -0.15) is 0 Å². The third-order valence-corrected chi connectivity index (χ3v) is 3.36. The molecule has 0 unspecified atom stereocenters. The van der Waals surface area contributed by atoms with E-state index in [0.29, 0.717) is 13.1 Å². The van der Waals surface area contributed by atoms with Gasteiger partial charge in [-0.25, -0.2) is 9.18 Å². The first-order chi connectivity index (χ1) is 8.49. The van der Waals surface area contributed by atoms with Crippen molar-refractivity contribution in [3.05, 3.63) is 24.0 Å². The minimum absolute atomic E-state index is 0.0527. The standard InChI is InChI=1S/C12H16FN3O2/c1-15(12(17)18)9-4-5-16(7-9)8-2-3-11(14)10(13)6-8/h2-3,6,9H,4-5,7,14H2,1H3,(H,17,18)/t9-/m1/s1. The summed E-state index contributed by atoms with van der Waals surface area (Å²) in [6.45, 7) is 1.29. The van der Waals surface area contributed by atoms with E-state index < -0.39 is 11.9 Å². The number of halogens is 1. The quantitative estimate of drug-likeness (QED) is 0.785. The number of carbonyl (C=O) groups is 1. The van der Waals surface area contributed by atoms with Gasteiger partial charge >= 0.3 is 6.09 Å². The summed E-state index contributed by atoms with van der Waals surface area (Å²) >= 11 is 0. The average molecular weight is 253 g/mol. The van der Waals surface area contributed by atoms with Gasteiger partial charge in [0.25, 0.3) is 0 Å². The molecule has 3 N–H and O–H groups in total. The van der Waals surface area contributed by atoms with Crippen molar-refractivity contribution < 1.29 is 14.3 Å². The third kappa shape index (κ3) is 2.32.